The Morgan fingerprint density at radius 1 is 1.27 bits per heavy atom. The molecule has 26 heavy (non-hydrogen) atoms. The van der Waals surface area contributed by atoms with Gasteiger partial charge in [0.15, 0.2) is 5.16 Å². The Morgan fingerprint density at radius 2 is 2.04 bits per heavy atom. The van der Waals surface area contributed by atoms with Gasteiger partial charge in [-0.1, -0.05) is 36.9 Å². The Balaban J connectivity index is 1.60. The zero-order chi connectivity index (χ0) is 18.5. The normalized spacial score (nSPS) is 12.1. The molecule has 0 saturated heterocycles. The number of rotatable bonds is 7. The number of aryl methyl sites for hydroxylation is 1. The second-order valence-electron chi connectivity index (χ2n) is 6.01. The minimum absolute atomic E-state index is 0.0398. The van der Waals surface area contributed by atoms with Crippen LogP contribution in [0.25, 0.3) is 0 Å². The van der Waals surface area contributed by atoms with Crippen molar-refractivity contribution in [3.05, 3.63) is 58.0 Å². The molecule has 1 N–H and O–H groups in total. The van der Waals surface area contributed by atoms with Crippen LogP contribution in [0, 0.1) is 0 Å². The Kier molecular flexibility index (Phi) is 6.11. The molecule has 2 aromatic heterocycles. The van der Waals surface area contributed by atoms with Crippen LogP contribution in [0.5, 0.6) is 0 Å². The molecule has 0 saturated carbocycles. The first-order valence-electron chi connectivity index (χ1n) is 8.54. The molecular formula is C19H22N4OS2. The van der Waals surface area contributed by atoms with Gasteiger partial charge in [0.1, 0.15) is 5.82 Å². The van der Waals surface area contributed by atoms with Gasteiger partial charge in [0.2, 0.25) is 5.91 Å². The molecule has 0 fully saturated rings. The summed E-state index contributed by atoms with van der Waals surface area (Å²) in [5.74, 6) is 0.861. The lowest BCUT2D eigenvalue weighted by Gasteiger charge is -2.12. The molecular weight excluding hydrogens is 364 g/mol. The van der Waals surface area contributed by atoms with Gasteiger partial charge < -0.3 is 9.88 Å². The lowest BCUT2D eigenvalue weighted by atomic mass is 10.1. The first-order valence-corrected chi connectivity index (χ1v) is 10.3. The van der Waals surface area contributed by atoms with Crippen LogP contribution in [0.15, 0.2) is 46.9 Å². The predicted molar refractivity (Wildman–Crippen MR) is 108 cm³/mol. The number of amides is 1. The van der Waals surface area contributed by atoms with E-state index in [1.165, 1.54) is 22.2 Å². The summed E-state index contributed by atoms with van der Waals surface area (Å²) in [6, 6.07) is 12.1. The van der Waals surface area contributed by atoms with E-state index < -0.39 is 0 Å². The second kappa shape index (κ2) is 8.51. The number of hydrogen-bond acceptors (Lipinski definition) is 5. The molecule has 3 rings (SSSR count). The van der Waals surface area contributed by atoms with Gasteiger partial charge in [-0.3, -0.25) is 4.79 Å². The number of aromatic nitrogens is 3. The number of carbonyl (C=O) groups is 1. The van der Waals surface area contributed by atoms with Gasteiger partial charge >= 0.3 is 0 Å². The average molecular weight is 387 g/mol. The second-order valence-corrected chi connectivity index (χ2v) is 8.35. The summed E-state index contributed by atoms with van der Waals surface area (Å²) in [4.78, 5) is 13.7. The largest absolute Gasteiger partial charge is 0.325 e. The highest BCUT2D eigenvalue weighted by molar-refractivity contribution is 8.00. The molecule has 1 amide bonds. The maximum atomic E-state index is 12.5. The number of nitrogens with one attached hydrogen (secondary N) is 1. The lowest BCUT2D eigenvalue weighted by molar-refractivity contribution is -0.115. The molecule has 1 unspecified atom stereocenters. The van der Waals surface area contributed by atoms with E-state index in [0.29, 0.717) is 0 Å². The summed E-state index contributed by atoms with van der Waals surface area (Å²) in [7, 11) is 1.94. The average Bonchev–Trinajstić information content (AvgIpc) is 3.28. The van der Waals surface area contributed by atoms with Crippen LogP contribution in [-0.2, 0) is 24.7 Å². The smallest absolute Gasteiger partial charge is 0.237 e. The van der Waals surface area contributed by atoms with Gasteiger partial charge in [-0.25, -0.2) is 0 Å². The third-order valence-corrected chi connectivity index (χ3v) is 6.13. The Labute approximate surface area is 161 Å². The standard InChI is InChI=1S/C19H22N4OS2/c1-4-14-7-9-15(10-8-14)20-18(24)13(2)26-19-22-21-17(23(19)3)12-16-6-5-11-25-16/h5-11,13H,4,12H2,1-3H3,(H,20,24). The summed E-state index contributed by atoms with van der Waals surface area (Å²) in [6.07, 6.45) is 1.74. The molecule has 2 heterocycles. The molecule has 0 spiro atoms. The maximum absolute atomic E-state index is 12.5. The van der Waals surface area contributed by atoms with Crippen LogP contribution in [0.2, 0.25) is 0 Å². The number of nitrogens with zero attached hydrogens (tertiary/aromatic N) is 3. The first kappa shape index (κ1) is 18.7. The first-order chi connectivity index (χ1) is 12.6. The fourth-order valence-corrected chi connectivity index (χ4v) is 3.99. The number of hydrogen-bond donors (Lipinski definition) is 1. The van der Waals surface area contributed by atoms with E-state index in [9.17, 15) is 4.79 Å². The van der Waals surface area contributed by atoms with Crippen LogP contribution in [-0.4, -0.2) is 25.9 Å². The third kappa shape index (κ3) is 4.53. The minimum atomic E-state index is -0.265. The van der Waals surface area contributed by atoms with Crippen LogP contribution >= 0.6 is 23.1 Å². The number of carbonyl (C=O) groups excluding carboxylic acids is 1. The fourth-order valence-electron chi connectivity index (χ4n) is 2.45. The van der Waals surface area contributed by atoms with Crippen molar-refractivity contribution in [2.24, 2.45) is 7.05 Å². The van der Waals surface area contributed by atoms with Crippen molar-refractivity contribution in [1.29, 1.82) is 0 Å². The van der Waals surface area contributed by atoms with Crippen molar-refractivity contribution in [2.75, 3.05) is 5.32 Å². The van der Waals surface area contributed by atoms with Gasteiger partial charge in [0.25, 0.3) is 0 Å². The monoisotopic (exact) mass is 386 g/mol. The number of thioether (sulfide) groups is 1. The SMILES string of the molecule is CCc1ccc(NC(=O)C(C)Sc2nnc(Cc3cccs3)n2C)cc1. The van der Waals surface area contributed by atoms with E-state index in [-0.39, 0.29) is 11.2 Å². The Bertz CT molecular complexity index is 856. The third-order valence-electron chi connectivity index (χ3n) is 4.12. The van der Waals surface area contributed by atoms with Crippen molar-refractivity contribution < 1.29 is 4.79 Å². The van der Waals surface area contributed by atoms with Crippen molar-refractivity contribution in [3.63, 3.8) is 0 Å². The molecule has 5 nitrogen and oxygen atoms in total. The van der Waals surface area contributed by atoms with Crippen LogP contribution in [0.3, 0.4) is 0 Å². The van der Waals surface area contributed by atoms with Crippen molar-refractivity contribution in [3.8, 4) is 0 Å². The van der Waals surface area contributed by atoms with Gasteiger partial charge in [-0.15, -0.1) is 21.5 Å². The van der Waals surface area contributed by atoms with Crippen LogP contribution in [0.1, 0.15) is 30.1 Å². The van der Waals surface area contributed by atoms with Crippen molar-refractivity contribution >= 4 is 34.7 Å². The van der Waals surface area contributed by atoms with E-state index in [1.807, 2.05) is 48.9 Å². The molecule has 1 atom stereocenters. The zero-order valence-corrected chi connectivity index (χ0v) is 16.7. The topological polar surface area (TPSA) is 59.8 Å². The van der Waals surface area contributed by atoms with E-state index in [0.717, 1.165) is 29.5 Å². The lowest BCUT2D eigenvalue weighted by Crippen LogP contribution is -2.22. The molecule has 0 aliphatic carbocycles. The number of anilines is 1. The van der Waals surface area contributed by atoms with Crippen LogP contribution in [0.4, 0.5) is 5.69 Å². The Morgan fingerprint density at radius 3 is 2.69 bits per heavy atom. The molecule has 1 aromatic carbocycles. The molecule has 7 heteroatoms. The molecule has 0 bridgehead atoms. The summed E-state index contributed by atoms with van der Waals surface area (Å²) in [6.45, 7) is 3.99. The molecule has 0 aliphatic rings. The highest BCUT2D eigenvalue weighted by Crippen LogP contribution is 2.24. The van der Waals surface area contributed by atoms with Gasteiger partial charge in [0.05, 0.1) is 5.25 Å². The van der Waals surface area contributed by atoms with E-state index in [1.54, 1.807) is 11.3 Å². The van der Waals surface area contributed by atoms with Crippen molar-refractivity contribution in [2.45, 2.75) is 37.1 Å². The van der Waals surface area contributed by atoms with E-state index in [2.05, 4.69) is 33.9 Å². The van der Waals surface area contributed by atoms with Gasteiger partial charge in [-0.2, -0.15) is 0 Å². The molecule has 0 radical (unpaired) electrons. The quantitative estimate of drug-likeness (QED) is 0.620. The summed E-state index contributed by atoms with van der Waals surface area (Å²) in [5, 5.41) is 14.0. The zero-order valence-electron chi connectivity index (χ0n) is 15.1. The Hall–Kier alpha value is -2.12. The van der Waals surface area contributed by atoms with E-state index >= 15 is 0 Å². The summed E-state index contributed by atoms with van der Waals surface area (Å²) >= 11 is 3.13. The van der Waals surface area contributed by atoms with Crippen molar-refractivity contribution in [1.82, 2.24) is 14.8 Å². The predicted octanol–water partition coefficient (Wildman–Crippen LogP) is 4.15. The highest BCUT2D eigenvalue weighted by atomic mass is 32.2. The molecule has 3 aromatic rings. The summed E-state index contributed by atoms with van der Waals surface area (Å²) < 4.78 is 1.96. The number of benzene rings is 1. The van der Waals surface area contributed by atoms with Crippen LogP contribution < -0.4 is 5.32 Å². The molecule has 0 aliphatic heterocycles. The highest BCUT2D eigenvalue weighted by Gasteiger charge is 2.19. The van der Waals surface area contributed by atoms with Gasteiger partial charge in [0, 0.05) is 24.0 Å². The maximum Gasteiger partial charge on any atom is 0.237 e. The van der Waals surface area contributed by atoms with Gasteiger partial charge in [-0.05, 0) is 42.5 Å². The number of thiophene rings is 1. The fraction of sp³-hybridized carbons (Fsp3) is 0.316. The molecule has 136 valence electrons. The van der Waals surface area contributed by atoms with E-state index in [4.69, 9.17) is 0 Å². The summed E-state index contributed by atoms with van der Waals surface area (Å²) in [5.41, 5.74) is 2.07. The minimum Gasteiger partial charge on any atom is -0.325 e.